The summed E-state index contributed by atoms with van der Waals surface area (Å²) in [4.78, 5) is 12.7. The summed E-state index contributed by atoms with van der Waals surface area (Å²) in [6, 6.07) is 10.5. The van der Waals surface area contributed by atoms with E-state index in [9.17, 15) is 4.79 Å². The van der Waals surface area contributed by atoms with Gasteiger partial charge in [-0.25, -0.2) is 0 Å². The number of carbonyl (C=O) groups is 1. The molecule has 0 spiro atoms. The molecule has 2 aromatic rings. The number of benzene rings is 1. The highest BCUT2D eigenvalue weighted by molar-refractivity contribution is 7.99. The summed E-state index contributed by atoms with van der Waals surface area (Å²) in [5.41, 5.74) is 1.64. The van der Waals surface area contributed by atoms with Gasteiger partial charge >= 0.3 is 0 Å². The SMILES string of the molecule is O=C(CSc1nnc(C2CC2)n1Cc1ccccc1)NCC12CC3CC(CC(C3)C1)C2. The molecule has 1 heterocycles. The number of hydrogen-bond acceptors (Lipinski definition) is 4. The van der Waals surface area contributed by atoms with Crippen molar-refractivity contribution in [2.45, 2.75) is 69.0 Å². The van der Waals surface area contributed by atoms with Gasteiger partial charge in [-0.3, -0.25) is 4.79 Å². The topological polar surface area (TPSA) is 59.8 Å². The number of amides is 1. The first kappa shape index (κ1) is 19.8. The van der Waals surface area contributed by atoms with Crippen LogP contribution in [0.15, 0.2) is 35.5 Å². The Morgan fingerprint density at radius 1 is 1.03 bits per heavy atom. The van der Waals surface area contributed by atoms with Crippen LogP contribution in [-0.4, -0.2) is 33.0 Å². The average Bonchev–Trinajstić information content (AvgIpc) is 3.52. The smallest absolute Gasteiger partial charge is 0.230 e. The van der Waals surface area contributed by atoms with Gasteiger partial charge in [0, 0.05) is 12.5 Å². The third-order valence-corrected chi connectivity index (χ3v) is 9.00. The summed E-state index contributed by atoms with van der Waals surface area (Å²) in [7, 11) is 0. The Morgan fingerprint density at radius 3 is 2.35 bits per heavy atom. The Bertz CT molecular complexity index is 916. The van der Waals surface area contributed by atoms with E-state index < -0.39 is 0 Å². The molecule has 0 atom stereocenters. The van der Waals surface area contributed by atoms with Crippen LogP contribution in [-0.2, 0) is 11.3 Å². The quantitative estimate of drug-likeness (QED) is 0.613. The number of rotatable bonds is 8. The molecule has 164 valence electrons. The average molecular weight is 437 g/mol. The van der Waals surface area contributed by atoms with Gasteiger partial charge in [-0.2, -0.15) is 0 Å². The predicted molar refractivity (Wildman–Crippen MR) is 122 cm³/mol. The molecule has 0 radical (unpaired) electrons. The molecular weight excluding hydrogens is 404 g/mol. The van der Waals surface area contributed by atoms with Gasteiger partial charge < -0.3 is 9.88 Å². The van der Waals surface area contributed by atoms with E-state index in [2.05, 4.69) is 44.3 Å². The van der Waals surface area contributed by atoms with Crippen molar-refractivity contribution in [1.82, 2.24) is 20.1 Å². The monoisotopic (exact) mass is 436 g/mol. The van der Waals surface area contributed by atoms with Crippen LogP contribution < -0.4 is 5.32 Å². The summed E-state index contributed by atoms with van der Waals surface area (Å²) in [6.45, 7) is 1.65. The second-order valence-corrected chi connectivity index (χ2v) is 11.6. The molecule has 5 aliphatic rings. The summed E-state index contributed by atoms with van der Waals surface area (Å²) < 4.78 is 2.23. The molecule has 1 N–H and O–H groups in total. The van der Waals surface area contributed by atoms with Crippen molar-refractivity contribution < 1.29 is 4.79 Å². The number of aromatic nitrogens is 3. The Labute approximate surface area is 188 Å². The van der Waals surface area contributed by atoms with Gasteiger partial charge in [-0.05, 0) is 80.1 Å². The maximum Gasteiger partial charge on any atom is 0.230 e. The van der Waals surface area contributed by atoms with Crippen molar-refractivity contribution in [3.05, 3.63) is 41.7 Å². The lowest BCUT2D eigenvalue weighted by Gasteiger charge is -2.56. The third kappa shape index (κ3) is 4.15. The van der Waals surface area contributed by atoms with E-state index in [-0.39, 0.29) is 5.91 Å². The van der Waals surface area contributed by atoms with E-state index in [1.807, 2.05) is 6.07 Å². The molecule has 1 aromatic carbocycles. The Hall–Kier alpha value is -1.82. The molecule has 1 amide bonds. The molecular formula is C25H32N4OS. The second kappa shape index (κ2) is 7.95. The number of nitrogens with one attached hydrogen (secondary N) is 1. The standard InChI is InChI=1S/C25H32N4OS/c30-22(26-16-25-11-18-8-19(12-25)10-20(9-18)13-25)15-31-24-28-27-23(21-6-7-21)29(24)14-17-4-2-1-3-5-17/h1-5,18-21H,6-16H2,(H,26,30). The number of hydrogen-bond donors (Lipinski definition) is 1. The fourth-order valence-electron chi connectivity index (χ4n) is 6.94. The van der Waals surface area contributed by atoms with Gasteiger partial charge in [-0.15, -0.1) is 10.2 Å². The number of thioether (sulfide) groups is 1. The first-order chi connectivity index (χ1) is 15.2. The van der Waals surface area contributed by atoms with Crippen molar-refractivity contribution in [3.63, 3.8) is 0 Å². The fraction of sp³-hybridized carbons (Fsp3) is 0.640. The first-order valence-corrected chi connectivity index (χ1v) is 13.0. The van der Waals surface area contributed by atoms with Crippen molar-refractivity contribution >= 4 is 17.7 Å². The van der Waals surface area contributed by atoms with E-state index in [1.54, 1.807) is 0 Å². The summed E-state index contributed by atoms with van der Waals surface area (Å²) >= 11 is 1.53. The van der Waals surface area contributed by atoms with Crippen LogP contribution >= 0.6 is 11.8 Å². The van der Waals surface area contributed by atoms with E-state index in [1.165, 1.54) is 68.7 Å². The maximum absolute atomic E-state index is 12.7. The summed E-state index contributed by atoms with van der Waals surface area (Å²) in [5.74, 6) is 4.96. The Morgan fingerprint density at radius 2 is 1.71 bits per heavy atom. The van der Waals surface area contributed by atoms with Crippen LogP contribution in [0.2, 0.25) is 0 Å². The molecule has 4 bridgehead atoms. The predicted octanol–water partition coefficient (Wildman–Crippen LogP) is 4.63. The minimum atomic E-state index is 0.142. The molecule has 5 nitrogen and oxygen atoms in total. The number of carbonyl (C=O) groups excluding carboxylic acids is 1. The van der Waals surface area contributed by atoms with Gasteiger partial charge in [-0.1, -0.05) is 42.1 Å². The van der Waals surface area contributed by atoms with Crippen LogP contribution in [0.25, 0.3) is 0 Å². The van der Waals surface area contributed by atoms with Crippen LogP contribution in [0.5, 0.6) is 0 Å². The minimum Gasteiger partial charge on any atom is -0.355 e. The highest BCUT2D eigenvalue weighted by atomic mass is 32.2. The van der Waals surface area contributed by atoms with Crippen LogP contribution in [0.1, 0.15) is 68.7 Å². The van der Waals surface area contributed by atoms with E-state index in [0.717, 1.165) is 41.8 Å². The Balaban J connectivity index is 1.08. The molecule has 5 aliphatic carbocycles. The van der Waals surface area contributed by atoms with Crippen molar-refractivity contribution in [1.29, 1.82) is 0 Å². The lowest BCUT2D eigenvalue weighted by Crippen LogP contribution is -2.51. The lowest BCUT2D eigenvalue weighted by molar-refractivity contribution is -0.120. The van der Waals surface area contributed by atoms with E-state index >= 15 is 0 Å². The first-order valence-electron chi connectivity index (χ1n) is 12.0. The van der Waals surface area contributed by atoms with E-state index in [0.29, 0.717) is 17.1 Å². The van der Waals surface area contributed by atoms with E-state index in [4.69, 9.17) is 0 Å². The zero-order chi connectivity index (χ0) is 20.8. The van der Waals surface area contributed by atoms with Gasteiger partial charge in [0.05, 0.1) is 12.3 Å². The molecule has 0 aliphatic heterocycles. The minimum absolute atomic E-state index is 0.142. The van der Waals surface area contributed by atoms with Crippen molar-refractivity contribution in [2.24, 2.45) is 23.2 Å². The molecule has 5 saturated carbocycles. The highest BCUT2D eigenvalue weighted by Gasteiger charge is 2.50. The lowest BCUT2D eigenvalue weighted by atomic mass is 9.49. The molecule has 7 rings (SSSR count). The highest BCUT2D eigenvalue weighted by Crippen LogP contribution is 2.59. The molecule has 5 fully saturated rings. The van der Waals surface area contributed by atoms with Gasteiger partial charge in [0.1, 0.15) is 5.82 Å². The maximum atomic E-state index is 12.7. The van der Waals surface area contributed by atoms with Crippen molar-refractivity contribution in [2.75, 3.05) is 12.3 Å². The summed E-state index contributed by atoms with van der Waals surface area (Å²) in [6.07, 6.45) is 10.7. The normalized spacial score (nSPS) is 31.2. The van der Waals surface area contributed by atoms with Crippen molar-refractivity contribution in [3.8, 4) is 0 Å². The molecule has 6 heteroatoms. The Kier molecular flexibility index (Phi) is 5.09. The molecule has 0 saturated heterocycles. The largest absolute Gasteiger partial charge is 0.355 e. The van der Waals surface area contributed by atoms with Gasteiger partial charge in [0.15, 0.2) is 5.16 Å². The molecule has 0 unspecified atom stereocenters. The third-order valence-electron chi connectivity index (χ3n) is 8.03. The molecule has 1 aromatic heterocycles. The van der Waals surface area contributed by atoms with Crippen LogP contribution in [0, 0.1) is 23.2 Å². The van der Waals surface area contributed by atoms with Gasteiger partial charge in [0.2, 0.25) is 5.91 Å². The molecule has 31 heavy (non-hydrogen) atoms. The zero-order valence-corrected chi connectivity index (χ0v) is 18.9. The van der Waals surface area contributed by atoms with Crippen LogP contribution in [0.3, 0.4) is 0 Å². The second-order valence-electron chi connectivity index (χ2n) is 10.7. The fourth-order valence-corrected chi connectivity index (χ4v) is 7.71. The van der Waals surface area contributed by atoms with Crippen LogP contribution in [0.4, 0.5) is 0 Å². The van der Waals surface area contributed by atoms with Gasteiger partial charge in [0.25, 0.3) is 0 Å². The summed E-state index contributed by atoms with van der Waals surface area (Å²) in [5, 5.41) is 13.1. The zero-order valence-electron chi connectivity index (χ0n) is 18.1. The number of nitrogens with zero attached hydrogens (tertiary/aromatic N) is 3.